The third-order valence-corrected chi connectivity index (χ3v) is 6.62. The molecule has 0 aliphatic heterocycles. The third kappa shape index (κ3) is 8.77. The fourth-order valence-electron chi connectivity index (χ4n) is 3.63. The van der Waals surface area contributed by atoms with Crippen molar-refractivity contribution in [3.8, 4) is 17.2 Å². The predicted octanol–water partition coefficient (Wildman–Crippen LogP) is 7.58. The van der Waals surface area contributed by atoms with E-state index >= 15 is 0 Å². The van der Waals surface area contributed by atoms with E-state index in [0.717, 1.165) is 31.4 Å². The minimum Gasteiger partial charge on any atom is -0.508 e. The van der Waals surface area contributed by atoms with Crippen molar-refractivity contribution in [1.82, 2.24) is 0 Å². The van der Waals surface area contributed by atoms with E-state index in [1.165, 1.54) is 57.1 Å². The number of rotatable bonds is 14. The Morgan fingerprint density at radius 2 is 1.32 bits per heavy atom. The van der Waals surface area contributed by atoms with E-state index in [9.17, 15) is 28.3 Å². The lowest BCUT2D eigenvalue weighted by molar-refractivity contribution is 0.442. The van der Waals surface area contributed by atoms with Gasteiger partial charge in [-0.25, -0.2) is 0 Å². The second-order valence-electron chi connectivity index (χ2n) is 8.35. The van der Waals surface area contributed by atoms with Gasteiger partial charge in [-0.3, -0.25) is 4.55 Å². The van der Waals surface area contributed by atoms with Gasteiger partial charge in [-0.1, -0.05) is 76.3 Å². The highest BCUT2D eigenvalue weighted by Gasteiger charge is 2.20. The van der Waals surface area contributed by atoms with Gasteiger partial charge in [0.05, 0.1) is 0 Å². The Bertz CT molecular complexity index is 1090. The maximum atomic E-state index is 11.4. The fourth-order valence-corrected chi connectivity index (χ4v) is 4.54. The molecule has 2 aromatic rings. The SMILES string of the molecule is CCCCCCCCCCCCc1cc(N=Nc2cc(Cl)cc(S(=O)(=O)O)c2O)c(O)cc1O. The molecule has 188 valence electrons. The lowest BCUT2D eigenvalue weighted by Crippen LogP contribution is -1.98. The van der Waals surface area contributed by atoms with Crippen LogP contribution in [-0.4, -0.2) is 28.3 Å². The summed E-state index contributed by atoms with van der Waals surface area (Å²) in [4.78, 5) is -0.800. The molecular weight excluding hydrogens is 480 g/mol. The summed E-state index contributed by atoms with van der Waals surface area (Å²) in [5.41, 5.74) is 0.330. The van der Waals surface area contributed by atoms with Crippen molar-refractivity contribution in [2.45, 2.75) is 82.4 Å². The Kier molecular flexibility index (Phi) is 11.1. The number of aromatic hydroxyl groups is 3. The highest BCUT2D eigenvalue weighted by Crippen LogP contribution is 2.39. The fraction of sp³-hybridized carbons (Fsp3) is 0.500. The lowest BCUT2D eigenvalue weighted by Gasteiger charge is -2.08. The maximum absolute atomic E-state index is 11.4. The van der Waals surface area contributed by atoms with Crippen LogP contribution in [0.4, 0.5) is 11.4 Å². The van der Waals surface area contributed by atoms with Gasteiger partial charge in [-0.05, 0) is 36.6 Å². The Labute approximate surface area is 206 Å². The minimum atomic E-state index is -4.73. The Hall–Kier alpha value is -2.36. The predicted molar refractivity (Wildman–Crippen MR) is 132 cm³/mol. The summed E-state index contributed by atoms with van der Waals surface area (Å²) in [6, 6.07) is 4.71. The molecule has 0 atom stereocenters. The first-order valence-corrected chi connectivity index (χ1v) is 13.4. The number of nitrogens with zero attached hydrogens (tertiary/aromatic N) is 2. The number of phenols is 3. The van der Waals surface area contributed by atoms with Crippen molar-refractivity contribution in [3.63, 3.8) is 0 Å². The molecule has 0 fully saturated rings. The summed E-state index contributed by atoms with van der Waals surface area (Å²) in [5, 5.41) is 37.9. The van der Waals surface area contributed by atoms with Gasteiger partial charge in [0.25, 0.3) is 10.1 Å². The third-order valence-electron chi connectivity index (χ3n) is 5.54. The molecule has 0 bridgehead atoms. The zero-order chi connectivity index (χ0) is 25.1. The van der Waals surface area contributed by atoms with Gasteiger partial charge in [0, 0.05) is 11.1 Å². The molecule has 4 N–H and O–H groups in total. The zero-order valence-corrected chi connectivity index (χ0v) is 20.9. The van der Waals surface area contributed by atoms with Gasteiger partial charge < -0.3 is 15.3 Å². The highest BCUT2D eigenvalue weighted by atomic mass is 35.5. The molecule has 0 saturated heterocycles. The molecule has 0 saturated carbocycles. The molecule has 0 amide bonds. The van der Waals surface area contributed by atoms with Gasteiger partial charge in [0.1, 0.15) is 27.8 Å². The summed E-state index contributed by atoms with van der Waals surface area (Å²) in [6.07, 6.45) is 12.5. The van der Waals surface area contributed by atoms with Crippen molar-refractivity contribution < 1.29 is 28.3 Å². The van der Waals surface area contributed by atoms with E-state index in [-0.39, 0.29) is 27.9 Å². The molecule has 0 heterocycles. The second kappa shape index (κ2) is 13.5. The Balaban J connectivity index is 1.99. The molecule has 0 radical (unpaired) electrons. The first-order valence-electron chi connectivity index (χ1n) is 11.6. The highest BCUT2D eigenvalue weighted by molar-refractivity contribution is 7.86. The first-order chi connectivity index (χ1) is 16.1. The van der Waals surface area contributed by atoms with E-state index < -0.39 is 20.8 Å². The number of hydrogen-bond acceptors (Lipinski definition) is 7. The van der Waals surface area contributed by atoms with Crippen molar-refractivity contribution in [3.05, 3.63) is 34.9 Å². The van der Waals surface area contributed by atoms with Gasteiger partial charge >= 0.3 is 0 Å². The standard InChI is InChI=1S/C24H33ClN2O6S/c1-2-3-4-5-6-7-8-9-10-11-12-17-13-19(22(29)16-21(17)28)26-27-20-14-18(25)15-23(24(20)30)34(31,32)33/h13-16,28-30H,2-12H2,1H3,(H,31,32,33). The van der Waals surface area contributed by atoms with Crippen LogP contribution < -0.4 is 0 Å². The quantitative estimate of drug-likeness (QED) is 0.117. The largest absolute Gasteiger partial charge is 0.508 e. The van der Waals surface area contributed by atoms with E-state index in [4.69, 9.17) is 11.6 Å². The Morgan fingerprint density at radius 1 is 0.765 bits per heavy atom. The van der Waals surface area contributed by atoms with Crippen molar-refractivity contribution >= 4 is 33.1 Å². The van der Waals surface area contributed by atoms with Crippen molar-refractivity contribution in [2.24, 2.45) is 10.2 Å². The van der Waals surface area contributed by atoms with Gasteiger partial charge in [-0.2, -0.15) is 8.42 Å². The molecule has 0 spiro atoms. The normalized spacial score (nSPS) is 12.0. The topological polar surface area (TPSA) is 140 Å². The number of benzene rings is 2. The van der Waals surface area contributed by atoms with Crippen LogP contribution in [0, 0.1) is 0 Å². The van der Waals surface area contributed by atoms with Crippen LogP contribution in [0.1, 0.15) is 76.7 Å². The smallest absolute Gasteiger partial charge is 0.298 e. The summed E-state index contributed by atoms with van der Waals surface area (Å²) < 4.78 is 32.0. The van der Waals surface area contributed by atoms with E-state index in [2.05, 4.69) is 17.2 Å². The molecule has 8 nitrogen and oxygen atoms in total. The number of phenolic OH excluding ortho intramolecular Hbond substituents is 3. The maximum Gasteiger partial charge on any atom is 0.298 e. The van der Waals surface area contributed by atoms with Crippen LogP contribution in [-0.2, 0) is 16.5 Å². The van der Waals surface area contributed by atoms with Crippen LogP contribution in [0.3, 0.4) is 0 Å². The molecule has 34 heavy (non-hydrogen) atoms. The molecule has 0 aliphatic rings. The van der Waals surface area contributed by atoms with Crippen LogP contribution >= 0.6 is 11.6 Å². The van der Waals surface area contributed by atoms with Crippen LogP contribution in [0.2, 0.25) is 5.02 Å². The van der Waals surface area contributed by atoms with E-state index in [0.29, 0.717) is 12.0 Å². The van der Waals surface area contributed by atoms with Gasteiger partial charge in [-0.15, -0.1) is 10.2 Å². The lowest BCUT2D eigenvalue weighted by atomic mass is 10.0. The second-order valence-corrected chi connectivity index (χ2v) is 10.2. The summed E-state index contributed by atoms with van der Waals surface area (Å²) in [5.74, 6) is -1.20. The number of azo groups is 1. The summed E-state index contributed by atoms with van der Waals surface area (Å²) >= 11 is 5.85. The monoisotopic (exact) mass is 512 g/mol. The first kappa shape index (κ1) is 27.9. The summed E-state index contributed by atoms with van der Waals surface area (Å²) in [7, 11) is -4.73. The molecule has 2 rings (SSSR count). The van der Waals surface area contributed by atoms with E-state index in [1.807, 2.05) is 0 Å². The average Bonchev–Trinajstić information content (AvgIpc) is 2.76. The molecule has 0 aromatic heterocycles. The molecule has 2 aromatic carbocycles. The molecule has 10 heteroatoms. The minimum absolute atomic E-state index is 0.0349. The van der Waals surface area contributed by atoms with E-state index in [1.54, 1.807) is 0 Å². The molecule has 0 aliphatic carbocycles. The Morgan fingerprint density at radius 3 is 1.91 bits per heavy atom. The van der Waals surface area contributed by atoms with Gasteiger partial charge in [0.15, 0.2) is 5.75 Å². The van der Waals surface area contributed by atoms with Crippen LogP contribution in [0.15, 0.2) is 39.4 Å². The van der Waals surface area contributed by atoms with Crippen molar-refractivity contribution in [2.75, 3.05) is 0 Å². The van der Waals surface area contributed by atoms with Gasteiger partial charge in [0.2, 0.25) is 0 Å². The van der Waals surface area contributed by atoms with Crippen LogP contribution in [0.5, 0.6) is 17.2 Å². The number of hydrogen-bond donors (Lipinski definition) is 4. The zero-order valence-electron chi connectivity index (χ0n) is 19.4. The average molecular weight is 513 g/mol. The molecular formula is C24H33ClN2O6S. The number of aryl methyl sites for hydroxylation is 1. The number of unbranched alkanes of at least 4 members (excludes halogenated alkanes) is 9. The van der Waals surface area contributed by atoms with Crippen molar-refractivity contribution in [1.29, 1.82) is 0 Å². The van der Waals surface area contributed by atoms with Crippen LogP contribution in [0.25, 0.3) is 0 Å². The number of halogens is 1. The molecule has 0 unspecified atom stereocenters. The summed E-state index contributed by atoms with van der Waals surface area (Å²) in [6.45, 7) is 2.21.